The number of ether oxygens (including phenoxy) is 1. The van der Waals surface area contributed by atoms with E-state index < -0.39 is 0 Å². The Morgan fingerprint density at radius 1 is 1.29 bits per heavy atom. The SMILES string of the molecule is COc1cccc(/C(=N\O)c2cccs2)c1O. The third-order valence-corrected chi connectivity index (χ3v) is 3.21. The minimum absolute atomic E-state index is 0.0313. The Hall–Kier alpha value is -2.01. The maximum atomic E-state index is 9.98. The van der Waals surface area contributed by atoms with Crippen molar-refractivity contribution >= 4 is 17.0 Å². The molecule has 0 spiro atoms. The third kappa shape index (κ3) is 2.09. The standard InChI is InChI=1S/C12H11NO3S/c1-16-9-5-2-4-8(12(9)14)11(13-15)10-6-3-7-17-10/h2-7,14-15H,1H3/b13-11+. The average molecular weight is 249 g/mol. The van der Waals surface area contributed by atoms with Crippen LogP contribution < -0.4 is 4.74 Å². The zero-order valence-corrected chi connectivity index (χ0v) is 9.94. The van der Waals surface area contributed by atoms with Gasteiger partial charge in [-0.2, -0.15) is 0 Å². The molecular formula is C12H11NO3S. The molecule has 0 aliphatic carbocycles. The van der Waals surface area contributed by atoms with E-state index >= 15 is 0 Å². The number of thiophene rings is 1. The first-order valence-corrected chi connectivity index (χ1v) is 5.78. The quantitative estimate of drug-likeness (QED) is 0.499. The van der Waals surface area contributed by atoms with Gasteiger partial charge in [-0.05, 0) is 23.6 Å². The van der Waals surface area contributed by atoms with Crippen LogP contribution >= 0.6 is 11.3 Å². The first kappa shape index (κ1) is 11.5. The normalized spacial score (nSPS) is 11.5. The van der Waals surface area contributed by atoms with Gasteiger partial charge in [0.15, 0.2) is 11.5 Å². The number of hydrogen-bond acceptors (Lipinski definition) is 5. The zero-order valence-electron chi connectivity index (χ0n) is 9.12. The van der Waals surface area contributed by atoms with E-state index in [1.807, 2.05) is 17.5 Å². The van der Waals surface area contributed by atoms with Gasteiger partial charge in [0.1, 0.15) is 5.71 Å². The van der Waals surface area contributed by atoms with Gasteiger partial charge in [-0.3, -0.25) is 0 Å². The van der Waals surface area contributed by atoms with E-state index in [1.54, 1.807) is 18.2 Å². The number of para-hydroxylation sites is 1. The number of phenolic OH excluding ortho intramolecular Hbond substituents is 1. The molecule has 0 aliphatic rings. The molecule has 0 atom stereocenters. The maximum absolute atomic E-state index is 9.98. The minimum atomic E-state index is -0.0313. The molecule has 0 amide bonds. The monoisotopic (exact) mass is 249 g/mol. The van der Waals surface area contributed by atoms with Gasteiger partial charge in [0.2, 0.25) is 0 Å². The molecule has 4 nitrogen and oxygen atoms in total. The molecule has 1 heterocycles. The smallest absolute Gasteiger partial charge is 0.167 e. The van der Waals surface area contributed by atoms with Crippen molar-refractivity contribution in [3.05, 3.63) is 46.2 Å². The van der Waals surface area contributed by atoms with Crippen LogP contribution in [0.5, 0.6) is 11.5 Å². The molecule has 0 radical (unpaired) electrons. The predicted octanol–water partition coefficient (Wildman–Crippen LogP) is 2.69. The van der Waals surface area contributed by atoms with Crippen LogP contribution in [0.1, 0.15) is 10.4 Å². The van der Waals surface area contributed by atoms with Crippen LogP contribution in [-0.4, -0.2) is 23.1 Å². The van der Waals surface area contributed by atoms with Crippen molar-refractivity contribution < 1.29 is 15.1 Å². The fourth-order valence-electron chi connectivity index (χ4n) is 1.53. The molecule has 0 saturated carbocycles. The van der Waals surface area contributed by atoms with Crippen molar-refractivity contribution in [2.75, 3.05) is 7.11 Å². The van der Waals surface area contributed by atoms with Gasteiger partial charge < -0.3 is 15.1 Å². The summed E-state index contributed by atoms with van der Waals surface area (Å²) in [5.41, 5.74) is 0.769. The van der Waals surface area contributed by atoms with Crippen molar-refractivity contribution in [2.45, 2.75) is 0 Å². The summed E-state index contributed by atoms with van der Waals surface area (Å²) in [6.45, 7) is 0. The molecule has 1 aromatic carbocycles. The zero-order chi connectivity index (χ0) is 12.3. The highest BCUT2D eigenvalue weighted by molar-refractivity contribution is 7.12. The number of methoxy groups -OCH3 is 1. The van der Waals surface area contributed by atoms with Crippen LogP contribution in [0.3, 0.4) is 0 Å². The summed E-state index contributed by atoms with van der Waals surface area (Å²) in [7, 11) is 1.47. The third-order valence-electron chi connectivity index (χ3n) is 2.33. The summed E-state index contributed by atoms with van der Waals surface area (Å²) in [4.78, 5) is 0.774. The Morgan fingerprint density at radius 2 is 2.12 bits per heavy atom. The van der Waals surface area contributed by atoms with Crippen LogP contribution in [0.25, 0.3) is 0 Å². The fourth-order valence-corrected chi connectivity index (χ4v) is 2.25. The Kier molecular flexibility index (Phi) is 3.30. The number of benzene rings is 1. The number of hydrogen-bond donors (Lipinski definition) is 2. The van der Waals surface area contributed by atoms with Crippen LogP contribution in [0.2, 0.25) is 0 Å². The summed E-state index contributed by atoms with van der Waals surface area (Å²) >= 11 is 1.43. The van der Waals surface area contributed by atoms with Gasteiger partial charge in [0, 0.05) is 0 Å². The largest absolute Gasteiger partial charge is 0.504 e. The average Bonchev–Trinajstić information content (AvgIpc) is 2.86. The van der Waals surface area contributed by atoms with Gasteiger partial charge >= 0.3 is 0 Å². The topological polar surface area (TPSA) is 62.0 Å². The number of rotatable bonds is 3. The molecule has 2 rings (SSSR count). The summed E-state index contributed by atoms with van der Waals surface area (Å²) in [5.74, 6) is 0.316. The molecule has 5 heteroatoms. The van der Waals surface area contributed by atoms with E-state index in [1.165, 1.54) is 18.4 Å². The molecule has 2 N–H and O–H groups in total. The lowest BCUT2D eigenvalue weighted by Crippen LogP contribution is -2.02. The van der Waals surface area contributed by atoms with Gasteiger partial charge in [-0.1, -0.05) is 17.3 Å². The molecule has 0 unspecified atom stereocenters. The van der Waals surface area contributed by atoms with E-state index in [4.69, 9.17) is 9.94 Å². The van der Waals surface area contributed by atoms with E-state index in [2.05, 4.69) is 5.16 Å². The van der Waals surface area contributed by atoms with E-state index in [0.717, 1.165) is 4.88 Å². The highest BCUT2D eigenvalue weighted by Crippen LogP contribution is 2.31. The molecule has 1 aromatic heterocycles. The second kappa shape index (κ2) is 4.88. The molecule has 0 aliphatic heterocycles. The van der Waals surface area contributed by atoms with Crippen LogP contribution in [0.4, 0.5) is 0 Å². The lowest BCUT2D eigenvalue weighted by Gasteiger charge is -2.08. The Morgan fingerprint density at radius 3 is 2.71 bits per heavy atom. The van der Waals surface area contributed by atoms with Crippen molar-refractivity contribution in [3.8, 4) is 11.5 Å². The van der Waals surface area contributed by atoms with Crippen molar-refractivity contribution in [2.24, 2.45) is 5.16 Å². The lowest BCUT2D eigenvalue weighted by atomic mass is 10.1. The molecule has 2 aromatic rings. The highest BCUT2D eigenvalue weighted by Gasteiger charge is 2.16. The van der Waals surface area contributed by atoms with Gasteiger partial charge in [-0.25, -0.2) is 0 Å². The molecule has 0 fully saturated rings. The number of phenols is 1. The summed E-state index contributed by atoms with van der Waals surface area (Å²) < 4.78 is 5.01. The molecule has 17 heavy (non-hydrogen) atoms. The molecule has 0 saturated heterocycles. The second-order valence-corrected chi connectivity index (χ2v) is 4.23. The maximum Gasteiger partial charge on any atom is 0.167 e. The van der Waals surface area contributed by atoms with Crippen molar-refractivity contribution in [3.63, 3.8) is 0 Å². The van der Waals surface area contributed by atoms with Crippen molar-refractivity contribution in [1.29, 1.82) is 0 Å². The van der Waals surface area contributed by atoms with Gasteiger partial charge in [0.25, 0.3) is 0 Å². The Bertz CT molecular complexity index is 535. The number of nitrogens with zero attached hydrogens (tertiary/aromatic N) is 1. The predicted molar refractivity (Wildman–Crippen MR) is 66.4 cm³/mol. The minimum Gasteiger partial charge on any atom is -0.504 e. The van der Waals surface area contributed by atoms with E-state index in [9.17, 15) is 5.11 Å². The van der Waals surface area contributed by atoms with Gasteiger partial charge in [-0.15, -0.1) is 11.3 Å². The lowest BCUT2D eigenvalue weighted by molar-refractivity contribution is 0.319. The molecular weight excluding hydrogens is 238 g/mol. The highest BCUT2D eigenvalue weighted by atomic mass is 32.1. The fraction of sp³-hybridized carbons (Fsp3) is 0.0833. The van der Waals surface area contributed by atoms with Crippen molar-refractivity contribution in [1.82, 2.24) is 0 Å². The van der Waals surface area contributed by atoms with Crippen LogP contribution in [0, 0.1) is 0 Å². The van der Waals surface area contributed by atoms with E-state index in [0.29, 0.717) is 17.0 Å². The van der Waals surface area contributed by atoms with Gasteiger partial charge in [0.05, 0.1) is 17.6 Å². The number of aromatic hydroxyl groups is 1. The second-order valence-electron chi connectivity index (χ2n) is 3.28. The number of oxime groups is 1. The Labute approximate surface area is 102 Å². The molecule has 88 valence electrons. The summed E-state index contributed by atoms with van der Waals surface area (Å²) in [6, 6.07) is 8.71. The first-order chi connectivity index (χ1) is 8.27. The Balaban J connectivity index is 2.53. The van der Waals surface area contributed by atoms with Crippen LogP contribution in [-0.2, 0) is 0 Å². The first-order valence-electron chi connectivity index (χ1n) is 4.90. The van der Waals surface area contributed by atoms with Crippen LogP contribution in [0.15, 0.2) is 40.9 Å². The summed E-state index contributed by atoms with van der Waals surface area (Å²) in [6.07, 6.45) is 0. The van der Waals surface area contributed by atoms with E-state index in [-0.39, 0.29) is 5.75 Å². The summed E-state index contributed by atoms with van der Waals surface area (Å²) in [5, 5.41) is 24.2. The molecule has 0 bridgehead atoms.